The summed E-state index contributed by atoms with van der Waals surface area (Å²) in [5.41, 5.74) is 8.20. The van der Waals surface area contributed by atoms with Crippen molar-refractivity contribution in [2.75, 3.05) is 0 Å². The lowest BCUT2D eigenvalue weighted by atomic mass is 9.96. The van der Waals surface area contributed by atoms with Crippen molar-refractivity contribution in [3.05, 3.63) is 170 Å². The Labute approximate surface area is 298 Å². The Morgan fingerprint density at radius 1 is 0.373 bits per heavy atom. The molecule has 7 aromatic carbocycles. The van der Waals surface area contributed by atoms with Crippen LogP contribution >= 0.6 is 11.3 Å². The smallest absolute Gasteiger partial charge is 0.164 e. The SMILES string of the molecule is c1ccc(-c2nc(-c3ccccc3)nc(-c3cccc(-c4ccc5nc(-c6cccc7ccccc67)c6c7ccccc7sc6c5c4)c3)n2)cc1. The van der Waals surface area contributed by atoms with E-state index in [0.29, 0.717) is 17.5 Å². The van der Waals surface area contributed by atoms with Gasteiger partial charge in [0.25, 0.3) is 0 Å². The Hall–Kier alpha value is -6.56. The van der Waals surface area contributed by atoms with Gasteiger partial charge in [0.2, 0.25) is 0 Å². The second kappa shape index (κ2) is 12.1. The van der Waals surface area contributed by atoms with Gasteiger partial charge >= 0.3 is 0 Å². The van der Waals surface area contributed by atoms with Crippen LogP contribution in [0.2, 0.25) is 0 Å². The van der Waals surface area contributed by atoms with Crippen LogP contribution in [0.1, 0.15) is 0 Å². The van der Waals surface area contributed by atoms with Crippen LogP contribution in [0.3, 0.4) is 0 Å². The monoisotopic (exact) mass is 668 g/mol. The molecule has 0 unspecified atom stereocenters. The highest BCUT2D eigenvalue weighted by Gasteiger charge is 2.19. The van der Waals surface area contributed by atoms with Crippen molar-refractivity contribution >= 4 is 53.2 Å². The molecule has 51 heavy (non-hydrogen) atoms. The Bertz CT molecular complexity index is 2850. The van der Waals surface area contributed by atoms with Crippen LogP contribution in [-0.4, -0.2) is 19.9 Å². The molecule has 0 radical (unpaired) electrons. The zero-order chi connectivity index (χ0) is 33.7. The Morgan fingerprint density at radius 2 is 0.941 bits per heavy atom. The molecule has 3 heterocycles. The standard InChI is InChI=1S/C46H28N4S/c1-3-14-30(15-4-1)44-48-45(31-16-5-2-6-17-31)50-46(49-44)34-20-11-19-32(27-34)33-25-26-39-38(28-33)43-41(37-22-9-10-24-40(37)51-43)42(47-39)36-23-12-18-29-13-7-8-21-35(29)36/h1-28H. The zero-order valence-corrected chi connectivity index (χ0v) is 28.2. The number of rotatable bonds is 5. The van der Waals surface area contributed by atoms with E-state index in [2.05, 4.69) is 109 Å². The Balaban J connectivity index is 1.14. The molecular weight excluding hydrogens is 641 g/mol. The Morgan fingerprint density at radius 3 is 1.71 bits per heavy atom. The van der Waals surface area contributed by atoms with Crippen LogP contribution in [-0.2, 0) is 0 Å². The van der Waals surface area contributed by atoms with Crippen LogP contribution < -0.4 is 0 Å². The lowest BCUT2D eigenvalue weighted by Crippen LogP contribution is -2.00. The van der Waals surface area contributed by atoms with Gasteiger partial charge in [-0.2, -0.15) is 0 Å². The van der Waals surface area contributed by atoms with Crippen molar-refractivity contribution < 1.29 is 0 Å². The van der Waals surface area contributed by atoms with Gasteiger partial charge in [0.15, 0.2) is 17.5 Å². The molecule has 0 bridgehead atoms. The third kappa shape index (κ3) is 5.14. The van der Waals surface area contributed by atoms with Crippen molar-refractivity contribution in [1.29, 1.82) is 0 Å². The first kappa shape index (κ1) is 29.4. The first-order chi connectivity index (χ1) is 25.3. The van der Waals surface area contributed by atoms with Gasteiger partial charge in [-0.05, 0) is 46.2 Å². The minimum absolute atomic E-state index is 0.638. The first-order valence-corrected chi connectivity index (χ1v) is 17.8. The molecular formula is C46H28N4S. The van der Waals surface area contributed by atoms with Gasteiger partial charge in [0.1, 0.15) is 0 Å². The summed E-state index contributed by atoms with van der Waals surface area (Å²) in [6.45, 7) is 0. The number of benzene rings is 7. The summed E-state index contributed by atoms with van der Waals surface area (Å²) in [5, 5.41) is 6.01. The molecule has 0 fully saturated rings. The zero-order valence-electron chi connectivity index (χ0n) is 27.4. The summed E-state index contributed by atoms with van der Waals surface area (Å²) < 4.78 is 2.51. The van der Waals surface area contributed by atoms with Gasteiger partial charge in [-0.15, -0.1) is 11.3 Å². The summed E-state index contributed by atoms with van der Waals surface area (Å²) >= 11 is 1.84. The number of nitrogens with zero attached hydrogens (tertiary/aromatic N) is 4. The third-order valence-corrected chi connectivity index (χ3v) is 10.7. The van der Waals surface area contributed by atoms with Crippen molar-refractivity contribution in [2.24, 2.45) is 0 Å². The maximum Gasteiger partial charge on any atom is 0.164 e. The summed E-state index contributed by atoms with van der Waals surface area (Å²) in [7, 11) is 0. The number of thiophene rings is 1. The van der Waals surface area contributed by atoms with Gasteiger partial charge in [-0.3, -0.25) is 0 Å². The molecule has 0 atom stereocenters. The molecule has 0 N–H and O–H groups in total. The molecule has 10 aromatic rings. The third-order valence-electron chi connectivity index (χ3n) is 9.50. The second-order valence-corrected chi connectivity index (χ2v) is 13.7. The number of pyridine rings is 1. The average molecular weight is 669 g/mol. The van der Waals surface area contributed by atoms with E-state index in [4.69, 9.17) is 19.9 Å². The summed E-state index contributed by atoms with van der Waals surface area (Å²) in [6.07, 6.45) is 0. The minimum atomic E-state index is 0.638. The number of aromatic nitrogens is 4. The normalized spacial score (nSPS) is 11.5. The largest absolute Gasteiger partial charge is 0.247 e. The Kier molecular flexibility index (Phi) is 6.96. The summed E-state index contributed by atoms with van der Waals surface area (Å²) in [6, 6.07) is 59.1. The van der Waals surface area contributed by atoms with Crippen molar-refractivity contribution in [1.82, 2.24) is 19.9 Å². The maximum atomic E-state index is 5.40. The van der Waals surface area contributed by atoms with Crippen molar-refractivity contribution in [2.45, 2.75) is 0 Å². The second-order valence-electron chi connectivity index (χ2n) is 12.6. The average Bonchev–Trinajstić information content (AvgIpc) is 3.61. The highest BCUT2D eigenvalue weighted by atomic mass is 32.1. The molecule has 238 valence electrons. The van der Waals surface area contributed by atoms with E-state index in [1.165, 1.54) is 30.9 Å². The van der Waals surface area contributed by atoms with E-state index < -0.39 is 0 Å². The predicted molar refractivity (Wildman–Crippen MR) is 213 cm³/mol. The number of hydrogen-bond acceptors (Lipinski definition) is 5. The van der Waals surface area contributed by atoms with Crippen molar-refractivity contribution in [3.8, 4) is 56.5 Å². The summed E-state index contributed by atoms with van der Waals surface area (Å²) in [4.78, 5) is 20.2. The van der Waals surface area contributed by atoms with E-state index in [0.717, 1.165) is 50.0 Å². The minimum Gasteiger partial charge on any atom is -0.247 e. The fraction of sp³-hybridized carbons (Fsp3) is 0. The highest BCUT2D eigenvalue weighted by Crippen LogP contribution is 2.45. The predicted octanol–water partition coefficient (Wildman–Crippen LogP) is 12.3. The molecule has 0 aliphatic rings. The molecule has 0 amide bonds. The molecule has 0 aliphatic heterocycles. The lowest BCUT2D eigenvalue weighted by Gasteiger charge is -2.12. The van der Waals surface area contributed by atoms with Crippen LogP contribution in [0.15, 0.2) is 170 Å². The maximum absolute atomic E-state index is 5.40. The van der Waals surface area contributed by atoms with E-state index in [-0.39, 0.29) is 0 Å². The number of fused-ring (bicyclic) bond motifs is 6. The van der Waals surface area contributed by atoms with Gasteiger partial charge in [0.05, 0.1) is 11.2 Å². The van der Waals surface area contributed by atoms with Crippen LogP contribution in [0.25, 0.3) is 98.4 Å². The number of hydrogen-bond donors (Lipinski definition) is 0. The summed E-state index contributed by atoms with van der Waals surface area (Å²) in [5.74, 6) is 1.94. The molecule has 0 spiro atoms. The van der Waals surface area contributed by atoms with Crippen LogP contribution in [0.5, 0.6) is 0 Å². The first-order valence-electron chi connectivity index (χ1n) is 17.0. The quantitative estimate of drug-likeness (QED) is 0.183. The van der Waals surface area contributed by atoms with Gasteiger partial charge in [-0.1, -0.05) is 146 Å². The molecule has 5 heteroatoms. The van der Waals surface area contributed by atoms with E-state index in [9.17, 15) is 0 Å². The van der Waals surface area contributed by atoms with Gasteiger partial charge in [0, 0.05) is 47.8 Å². The molecule has 3 aromatic heterocycles. The molecule has 0 aliphatic carbocycles. The fourth-order valence-corrected chi connectivity index (χ4v) is 8.27. The van der Waals surface area contributed by atoms with Crippen molar-refractivity contribution in [3.63, 3.8) is 0 Å². The van der Waals surface area contributed by atoms with E-state index >= 15 is 0 Å². The van der Waals surface area contributed by atoms with Crippen LogP contribution in [0.4, 0.5) is 0 Å². The topological polar surface area (TPSA) is 51.6 Å². The molecule has 0 saturated heterocycles. The van der Waals surface area contributed by atoms with E-state index in [1.807, 2.05) is 72.0 Å². The molecule has 4 nitrogen and oxygen atoms in total. The van der Waals surface area contributed by atoms with Crippen LogP contribution in [0, 0.1) is 0 Å². The highest BCUT2D eigenvalue weighted by molar-refractivity contribution is 7.26. The molecule has 0 saturated carbocycles. The fourth-order valence-electron chi connectivity index (χ4n) is 7.04. The lowest BCUT2D eigenvalue weighted by molar-refractivity contribution is 1.07. The van der Waals surface area contributed by atoms with Gasteiger partial charge < -0.3 is 0 Å². The van der Waals surface area contributed by atoms with E-state index in [1.54, 1.807) is 0 Å². The molecule has 10 rings (SSSR count). The van der Waals surface area contributed by atoms with Gasteiger partial charge in [-0.25, -0.2) is 19.9 Å².